The summed E-state index contributed by atoms with van der Waals surface area (Å²) in [6.45, 7) is 3.96. The van der Waals surface area contributed by atoms with Crippen molar-refractivity contribution in [1.82, 2.24) is 14.3 Å². The van der Waals surface area contributed by atoms with Crippen molar-refractivity contribution >= 4 is 16.0 Å². The molecule has 0 atom stereocenters. The highest BCUT2D eigenvalue weighted by atomic mass is 32.2. The zero-order valence-electron chi connectivity index (χ0n) is 12.0. The fourth-order valence-corrected chi connectivity index (χ4v) is 3.42. The Bertz CT molecular complexity index is 685. The molecule has 6 nitrogen and oxygen atoms in total. The third-order valence-electron chi connectivity index (χ3n) is 3.01. The Hall–Kier alpha value is -1.99. The summed E-state index contributed by atoms with van der Waals surface area (Å²) in [5.41, 5.74) is 6.32. The van der Waals surface area contributed by atoms with E-state index in [2.05, 4.69) is 9.97 Å². The monoisotopic (exact) mass is 306 g/mol. The molecule has 0 fully saturated rings. The third-order valence-corrected chi connectivity index (χ3v) is 4.99. The summed E-state index contributed by atoms with van der Waals surface area (Å²) in [6, 6.07) is 9.26. The van der Waals surface area contributed by atoms with Gasteiger partial charge in [0.25, 0.3) is 0 Å². The normalized spacial score (nSPS) is 12.0. The number of anilines is 1. The number of nitrogens with zero attached hydrogens (tertiary/aromatic N) is 3. The number of hydrogen-bond acceptors (Lipinski definition) is 5. The summed E-state index contributed by atoms with van der Waals surface area (Å²) >= 11 is 0. The average molecular weight is 306 g/mol. The lowest BCUT2D eigenvalue weighted by molar-refractivity contribution is 0.348. The maximum atomic E-state index is 12.7. The van der Waals surface area contributed by atoms with E-state index in [1.54, 1.807) is 0 Å². The highest BCUT2D eigenvalue weighted by Crippen LogP contribution is 2.20. The van der Waals surface area contributed by atoms with Gasteiger partial charge in [0.1, 0.15) is 4.90 Å². The van der Waals surface area contributed by atoms with Crippen LogP contribution in [0.3, 0.4) is 0 Å². The number of aromatic nitrogens is 2. The fourth-order valence-electron chi connectivity index (χ4n) is 1.90. The minimum Gasteiger partial charge on any atom is -0.368 e. The van der Waals surface area contributed by atoms with Gasteiger partial charge < -0.3 is 5.73 Å². The first-order valence-corrected chi connectivity index (χ1v) is 7.98. The van der Waals surface area contributed by atoms with Crippen molar-refractivity contribution in [2.45, 2.75) is 31.3 Å². The van der Waals surface area contributed by atoms with Crippen LogP contribution in [0.2, 0.25) is 0 Å². The highest BCUT2D eigenvalue weighted by Gasteiger charge is 2.27. The lowest BCUT2D eigenvalue weighted by Gasteiger charge is -2.25. The van der Waals surface area contributed by atoms with Crippen LogP contribution in [0.5, 0.6) is 0 Å². The van der Waals surface area contributed by atoms with Gasteiger partial charge in [-0.05, 0) is 19.4 Å². The second kappa shape index (κ2) is 6.19. The minimum atomic E-state index is -3.66. The van der Waals surface area contributed by atoms with Gasteiger partial charge >= 0.3 is 0 Å². The third kappa shape index (κ3) is 3.56. The van der Waals surface area contributed by atoms with Gasteiger partial charge in [-0.3, -0.25) is 0 Å². The number of hydrogen-bond donors (Lipinski definition) is 1. The van der Waals surface area contributed by atoms with E-state index in [0.717, 1.165) is 5.56 Å². The summed E-state index contributed by atoms with van der Waals surface area (Å²) in [5.74, 6) is 0.0492. The van der Waals surface area contributed by atoms with Crippen molar-refractivity contribution < 1.29 is 8.42 Å². The molecule has 0 amide bonds. The molecule has 2 rings (SSSR count). The summed E-state index contributed by atoms with van der Waals surface area (Å²) in [6.07, 6.45) is 2.47. The summed E-state index contributed by atoms with van der Waals surface area (Å²) in [4.78, 5) is 7.55. The van der Waals surface area contributed by atoms with Gasteiger partial charge in [-0.25, -0.2) is 18.4 Å². The van der Waals surface area contributed by atoms with E-state index in [9.17, 15) is 8.42 Å². The highest BCUT2D eigenvalue weighted by molar-refractivity contribution is 7.89. The first-order valence-electron chi connectivity index (χ1n) is 6.54. The van der Waals surface area contributed by atoms with Crippen LogP contribution < -0.4 is 5.73 Å². The average Bonchev–Trinajstić information content (AvgIpc) is 2.46. The van der Waals surface area contributed by atoms with Crippen molar-refractivity contribution in [2.24, 2.45) is 0 Å². The van der Waals surface area contributed by atoms with Crippen molar-refractivity contribution in [1.29, 1.82) is 0 Å². The van der Waals surface area contributed by atoms with Crippen molar-refractivity contribution in [3.63, 3.8) is 0 Å². The van der Waals surface area contributed by atoms with E-state index < -0.39 is 10.0 Å². The van der Waals surface area contributed by atoms with Crippen LogP contribution in [0, 0.1) is 0 Å². The smallest absolute Gasteiger partial charge is 0.246 e. The molecule has 0 aliphatic carbocycles. The van der Waals surface area contributed by atoms with Crippen molar-refractivity contribution in [2.75, 3.05) is 5.73 Å². The summed E-state index contributed by atoms with van der Waals surface area (Å²) < 4.78 is 26.8. The molecule has 0 saturated carbocycles. The van der Waals surface area contributed by atoms with E-state index in [1.807, 2.05) is 44.2 Å². The lowest BCUT2D eigenvalue weighted by atomic mass is 10.2. The second-order valence-corrected chi connectivity index (χ2v) is 6.80. The predicted octanol–water partition coefficient (Wildman–Crippen LogP) is 1.66. The molecule has 21 heavy (non-hydrogen) atoms. The lowest BCUT2D eigenvalue weighted by Crippen LogP contribution is -2.36. The molecule has 0 radical (unpaired) electrons. The van der Waals surface area contributed by atoms with E-state index >= 15 is 0 Å². The van der Waals surface area contributed by atoms with E-state index in [-0.39, 0.29) is 16.9 Å². The SMILES string of the molecule is CC(C)N(Cc1ccccc1)S(=O)(=O)c1cnc(N)nc1. The van der Waals surface area contributed by atoms with Gasteiger partial charge in [-0.15, -0.1) is 0 Å². The van der Waals surface area contributed by atoms with Crippen molar-refractivity contribution in [3.05, 3.63) is 48.3 Å². The molecule has 1 aromatic carbocycles. The molecule has 0 aliphatic heterocycles. The number of nitrogens with two attached hydrogens (primary N) is 1. The molecular formula is C14H18N4O2S. The first kappa shape index (κ1) is 15.4. The first-order chi connectivity index (χ1) is 9.91. The van der Waals surface area contributed by atoms with Crippen LogP contribution in [0.1, 0.15) is 19.4 Å². The molecule has 2 N–H and O–H groups in total. The maximum Gasteiger partial charge on any atom is 0.246 e. The quantitative estimate of drug-likeness (QED) is 0.907. The van der Waals surface area contributed by atoms with Gasteiger partial charge in [-0.1, -0.05) is 30.3 Å². The van der Waals surface area contributed by atoms with Gasteiger partial charge in [0.15, 0.2) is 0 Å². The molecule has 1 aromatic heterocycles. The Balaban J connectivity index is 2.35. The maximum absolute atomic E-state index is 12.7. The minimum absolute atomic E-state index is 0.0429. The number of nitrogen functional groups attached to an aromatic ring is 1. The van der Waals surface area contributed by atoms with Crippen molar-refractivity contribution in [3.8, 4) is 0 Å². The molecule has 112 valence electrons. The molecule has 0 aliphatic rings. The van der Waals surface area contributed by atoms with Crippen LogP contribution in [-0.4, -0.2) is 28.7 Å². The van der Waals surface area contributed by atoms with Crippen LogP contribution in [0.4, 0.5) is 5.95 Å². The molecule has 0 unspecified atom stereocenters. The Morgan fingerprint density at radius 2 is 1.71 bits per heavy atom. The molecule has 0 bridgehead atoms. The molecule has 0 spiro atoms. The zero-order chi connectivity index (χ0) is 15.5. The van der Waals surface area contributed by atoms with Gasteiger partial charge in [0, 0.05) is 12.6 Å². The van der Waals surface area contributed by atoms with E-state index in [0.29, 0.717) is 6.54 Å². The van der Waals surface area contributed by atoms with Crippen LogP contribution >= 0.6 is 0 Å². The fraction of sp³-hybridized carbons (Fsp3) is 0.286. The standard InChI is InChI=1S/C14H18N4O2S/c1-11(2)18(10-12-6-4-3-5-7-12)21(19,20)13-8-16-14(15)17-9-13/h3-9,11H,10H2,1-2H3,(H2,15,16,17). The summed E-state index contributed by atoms with van der Waals surface area (Å²) in [7, 11) is -3.66. The molecule has 0 saturated heterocycles. The Labute approximate surface area is 124 Å². The van der Waals surface area contributed by atoms with Gasteiger partial charge in [-0.2, -0.15) is 4.31 Å². The van der Waals surface area contributed by atoms with Crippen LogP contribution in [0.25, 0.3) is 0 Å². The number of benzene rings is 1. The zero-order valence-corrected chi connectivity index (χ0v) is 12.8. The van der Waals surface area contributed by atoms with Gasteiger partial charge in [0.2, 0.25) is 16.0 Å². The Kier molecular flexibility index (Phi) is 4.54. The molecule has 2 aromatic rings. The number of sulfonamides is 1. The second-order valence-electron chi connectivity index (χ2n) is 4.91. The number of rotatable bonds is 5. The van der Waals surface area contributed by atoms with Gasteiger partial charge in [0.05, 0.1) is 12.4 Å². The van der Waals surface area contributed by atoms with E-state index in [4.69, 9.17) is 5.73 Å². The van der Waals surface area contributed by atoms with E-state index in [1.165, 1.54) is 16.7 Å². The summed E-state index contributed by atoms with van der Waals surface area (Å²) in [5, 5.41) is 0. The Morgan fingerprint density at radius 1 is 1.14 bits per heavy atom. The topological polar surface area (TPSA) is 89.2 Å². The van der Waals surface area contributed by atoms with Crippen LogP contribution in [0.15, 0.2) is 47.6 Å². The largest absolute Gasteiger partial charge is 0.368 e. The Morgan fingerprint density at radius 3 is 2.24 bits per heavy atom. The molecule has 7 heteroatoms. The molecule has 1 heterocycles. The molecular weight excluding hydrogens is 288 g/mol. The predicted molar refractivity (Wildman–Crippen MR) is 80.8 cm³/mol. The van der Waals surface area contributed by atoms with Crippen LogP contribution in [-0.2, 0) is 16.6 Å².